The fourth-order valence-corrected chi connectivity index (χ4v) is 5.39. The van der Waals surface area contributed by atoms with Gasteiger partial charge in [-0.1, -0.05) is 6.07 Å². The number of hydrogen-bond acceptors (Lipinski definition) is 7. The Morgan fingerprint density at radius 1 is 1.07 bits per heavy atom. The predicted octanol–water partition coefficient (Wildman–Crippen LogP) is 3.90. The number of hydrazine groups is 1. The number of aryl methyl sites for hydroxylation is 3. The molecule has 0 aliphatic carbocycles. The predicted molar refractivity (Wildman–Crippen MR) is 167 cm³/mol. The van der Waals surface area contributed by atoms with E-state index in [1.165, 1.54) is 17.0 Å². The largest absolute Gasteiger partial charge is 0.444 e. The first kappa shape index (κ1) is 32.7. The van der Waals surface area contributed by atoms with Gasteiger partial charge in [0.15, 0.2) is 0 Å². The van der Waals surface area contributed by atoms with Crippen molar-refractivity contribution in [1.29, 1.82) is 0 Å². The number of carbonyl (C=O) groups is 3. The molecule has 0 atom stereocenters. The summed E-state index contributed by atoms with van der Waals surface area (Å²) in [5.74, 6) is -0.805. The molecule has 238 valence electrons. The first-order valence-electron chi connectivity index (χ1n) is 14.9. The summed E-state index contributed by atoms with van der Waals surface area (Å²) >= 11 is 0. The van der Waals surface area contributed by atoms with E-state index in [1.54, 1.807) is 27.7 Å². The lowest BCUT2D eigenvalue weighted by atomic mass is 10.1. The molecular weight excluding hydrogens is 565 g/mol. The van der Waals surface area contributed by atoms with Crippen molar-refractivity contribution in [3.05, 3.63) is 58.5 Å². The number of halogens is 1. The zero-order valence-corrected chi connectivity index (χ0v) is 27.0. The van der Waals surface area contributed by atoms with Gasteiger partial charge in [-0.2, -0.15) is 5.10 Å². The van der Waals surface area contributed by atoms with E-state index >= 15 is 0 Å². The Morgan fingerprint density at radius 2 is 1.77 bits per heavy atom. The Bertz CT molecular complexity index is 1550. The van der Waals surface area contributed by atoms with Crippen LogP contribution in [0.4, 0.5) is 14.9 Å². The standard InChI is InChI=1S/C32H44FN7O4/c1-9-38(31(43)44-32(4,5)6)13-12-34-29(41)19-39(27-16-28-26(14-21(27)2)22(3)35-36(28)7)20-30(42)37(8)40-17-23-10-11-25(33)15-24(23)18-40/h10-11,14-16H,9,12-13,17-20H2,1-8H3,(H,34,41). The van der Waals surface area contributed by atoms with Gasteiger partial charge >= 0.3 is 6.09 Å². The minimum atomic E-state index is -0.618. The average Bonchev–Trinajstić information content (AvgIpc) is 3.47. The highest BCUT2D eigenvalue weighted by atomic mass is 19.1. The molecule has 0 bridgehead atoms. The van der Waals surface area contributed by atoms with Crippen LogP contribution in [0.25, 0.3) is 10.9 Å². The quantitative estimate of drug-likeness (QED) is 0.372. The summed E-state index contributed by atoms with van der Waals surface area (Å²) in [6.45, 7) is 12.9. The van der Waals surface area contributed by atoms with Crippen LogP contribution in [-0.2, 0) is 34.5 Å². The lowest BCUT2D eigenvalue weighted by Crippen LogP contribution is -2.48. The molecule has 2 heterocycles. The molecule has 2 aromatic carbocycles. The summed E-state index contributed by atoms with van der Waals surface area (Å²) in [7, 11) is 3.56. The van der Waals surface area contributed by atoms with Crippen molar-refractivity contribution in [3.8, 4) is 0 Å². The first-order chi connectivity index (χ1) is 20.7. The Kier molecular flexibility index (Phi) is 9.82. The summed E-state index contributed by atoms with van der Waals surface area (Å²) in [6.07, 6.45) is -0.438. The molecule has 0 spiro atoms. The highest BCUT2D eigenvalue weighted by molar-refractivity contribution is 5.91. The van der Waals surface area contributed by atoms with E-state index in [4.69, 9.17) is 4.74 Å². The van der Waals surface area contributed by atoms with E-state index in [9.17, 15) is 18.8 Å². The maximum Gasteiger partial charge on any atom is 0.410 e. The second kappa shape index (κ2) is 13.2. The van der Waals surface area contributed by atoms with Gasteiger partial charge in [0, 0.05) is 57.9 Å². The Morgan fingerprint density at radius 3 is 2.45 bits per heavy atom. The number of benzene rings is 2. The number of carbonyl (C=O) groups excluding carboxylic acids is 3. The molecule has 3 amide bonds. The van der Waals surface area contributed by atoms with Gasteiger partial charge in [-0.3, -0.25) is 19.3 Å². The summed E-state index contributed by atoms with van der Waals surface area (Å²) in [6, 6.07) is 8.66. The Hall–Kier alpha value is -4.19. The zero-order chi connectivity index (χ0) is 32.3. The van der Waals surface area contributed by atoms with Crippen molar-refractivity contribution in [1.82, 2.24) is 30.0 Å². The normalized spacial score (nSPS) is 13.1. The number of rotatable bonds is 10. The van der Waals surface area contributed by atoms with E-state index < -0.39 is 11.7 Å². The number of nitrogens with one attached hydrogen (secondary N) is 1. The summed E-state index contributed by atoms with van der Waals surface area (Å²) in [4.78, 5) is 42.7. The van der Waals surface area contributed by atoms with Gasteiger partial charge in [-0.15, -0.1) is 0 Å². The van der Waals surface area contributed by atoms with Crippen LogP contribution in [0.15, 0.2) is 30.3 Å². The molecule has 0 fully saturated rings. The van der Waals surface area contributed by atoms with E-state index in [-0.39, 0.29) is 43.8 Å². The number of hydrogen-bond donors (Lipinski definition) is 1. The maximum absolute atomic E-state index is 13.8. The zero-order valence-electron chi connectivity index (χ0n) is 27.0. The van der Waals surface area contributed by atoms with Gasteiger partial charge in [-0.05, 0) is 82.5 Å². The highest BCUT2D eigenvalue weighted by Crippen LogP contribution is 2.29. The van der Waals surface area contributed by atoms with E-state index in [0.717, 1.165) is 39.0 Å². The minimum Gasteiger partial charge on any atom is -0.444 e. The van der Waals surface area contributed by atoms with E-state index in [1.807, 2.05) is 65.7 Å². The highest BCUT2D eigenvalue weighted by Gasteiger charge is 2.28. The van der Waals surface area contributed by atoms with Crippen LogP contribution in [0.2, 0.25) is 0 Å². The molecule has 0 unspecified atom stereocenters. The van der Waals surface area contributed by atoms with Crippen LogP contribution < -0.4 is 10.2 Å². The molecule has 0 saturated carbocycles. The van der Waals surface area contributed by atoms with Gasteiger partial charge in [0.25, 0.3) is 5.91 Å². The molecule has 1 aliphatic rings. The molecule has 11 nitrogen and oxygen atoms in total. The summed E-state index contributed by atoms with van der Waals surface area (Å²) in [5.41, 5.74) is 4.64. The Balaban J connectivity index is 1.49. The van der Waals surface area contributed by atoms with Crippen molar-refractivity contribution < 1.29 is 23.5 Å². The second-order valence-electron chi connectivity index (χ2n) is 12.3. The lowest BCUT2D eigenvalue weighted by molar-refractivity contribution is -0.145. The smallest absolute Gasteiger partial charge is 0.410 e. The van der Waals surface area contributed by atoms with Crippen LogP contribution >= 0.6 is 0 Å². The van der Waals surface area contributed by atoms with Crippen LogP contribution in [-0.4, -0.2) is 88.0 Å². The van der Waals surface area contributed by atoms with E-state index in [0.29, 0.717) is 19.6 Å². The minimum absolute atomic E-state index is 0.0622. The van der Waals surface area contributed by atoms with Crippen LogP contribution in [0.3, 0.4) is 0 Å². The number of nitrogens with zero attached hydrogens (tertiary/aromatic N) is 6. The van der Waals surface area contributed by atoms with Crippen molar-refractivity contribution in [2.75, 3.05) is 44.7 Å². The third kappa shape index (κ3) is 7.65. The topological polar surface area (TPSA) is 103 Å². The summed E-state index contributed by atoms with van der Waals surface area (Å²) < 4.78 is 21.0. The second-order valence-corrected chi connectivity index (χ2v) is 12.3. The van der Waals surface area contributed by atoms with Crippen LogP contribution in [0.5, 0.6) is 0 Å². The SMILES string of the molecule is CCN(CCNC(=O)CN(CC(=O)N(C)N1Cc2ccc(F)cc2C1)c1cc2c(cc1C)c(C)nn2C)C(=O)OC(C)(C)C. The lowest BCUT2D eigenvalue weighted by Gasteiger charge is -2.32. The number of amides is 3. The average molecular weight is 610 g/mol. The third-order valence-corrected chi connectivity index (χ3v) is 7.75. The molecule has 1 aromatic heterocycles. The number of ether oxygens (including phenoxy) is 1. The van der Waals surface area contributed by atoms with Crippen molar-refractivity contribution in [3.63, 3.8) is 0 Å². The van der Waals surface area contributed by atoms with Crippen LogP contribution in [0.1, 0.15) is 50.1 Å². The fraction of sp³-hybridized carbons (Fsp3) is 0.500. The molecule has 1 N–H and O–H groups in total. The number of aromatic nitrogens is 2. The molecule has 4 rings (SSSR count). The number of anilines is 1. The Labute approximate surface area is 258 Å². The maximum atomic E-state index is 13.8. The third-order valence-electron chi connectivity index (χ3n) is 7.75. The van der Waals surface area contributed by atoms with E-state index in [2.05, 4.69) is 10.4 Å². The molecule has 1 aliphatic heterocycles. The summed E-state index contributed by atoms with van der Waals surface area (Å²) in [5, 5.41) is 11.8. The fourth-order valence-electron chi connectivity index (χ4n) is 5.39. The molecular formula is C32H44FN7O4. The van der Waals surface area contributed by atoms with Crippen LogP contribution in [0, 0.1) is 19.7 Å². The molecule has 3 aromatic rings. The molecule has 0 saturated heterocycles. The van der Waals surface area contributed by atoms with Crippen molar-refractivity contribution in [2.24, 2.45) is 7.05 Å². The number of fused-ring (bicyclic) bond motifs is 2. The number of likely N-dealkylation sites (N-methyl/N-ethyl adjacent to an activating group) is 2. The molecule has 0 radical (unpaired) electrons. The van der Waals surface area contributed by atoms with Crippen molar-refractivity contribution >= 4 is 34.5 Å². The van der Waals surface area contributed by atoms with Crippen molar-refractivity contribution in [2.45, 2.75) is 60.2 Å². The van der Waals surface area contributed by atoms with Gasteiger partial charge < -0.3 is 19.9 Å². The first-order valence-corrected chi connectivity index (χ1v) is 14.9. The molecule has 12 heteroatoms. The molecule has 44 heavy (non-hydrogen) atoms. The van der Waals surface area contributed by atoms with Gasteiger partial charge in [0.2, 0.25) is 5.91 Å². The van der Waals surface area contributed by atoms with Gasteiger partial charge in [-0.25, -0.2) is 14.2 Å². The van der Waals surface area contributed by atoms with Gasteiger partial charge in [0.1, 0.15) is 11.4 Å². The van der Waals surface area contributed by atoms with Gasteiger partial charge in [0.05, 0.1) is 24.3 Å². The monoisotopic (exact) mass is 609 g/mol.